The quantitative estimate of drug-likeness (QED) is 0.505. The van der Waals surface area contributed by atoms with Crippen LogP contribution in [0.1, 0.15) is 83.5 Å². The maximum absolute atomic E-state index is 1.56. The average molecular weight is 194 g/mol. The molecular formula is C14H26. The lowest BCUT2D eigenvalue weighted by Gasteiger charge is -2.34. The van der Waals surface area contributed by atoms with E-state index < -0.39 is 0 Å². The normalized spacial score (nSPS) is 29.1. The monoisotopic (exact) mass is 194 g/mol. The molecule has 2 aliphatic carbocycles. The van der Waals surface area contributed by atoms with E-state index in [1.165, 1.54) is 57.8 Å². The first-order valence-corrected chi connectivity index (χ1v) is 6.91. The second kappa shape index (κ2) is 5.19. The summed E-state index contributed by atoms with van der Waals surface area (Å²) in [5, 5.41) is 0. The molecule has 0 unspecified atom stereocenters. The van der Waals surface area contributed by atoms with Crippen molar-refractivity contribution >= 4 is 0 Å². The van der Waals surface area contributed by atoms with Gasteiger partial charge in [0, 0.05) is 0 Å². The van der Waals surface area contributed by atoms with Crippen LogP contribution in [0.15, 0.2) is 0 Å². The Balaban J connectivity index is 1.94. The lowest BCUT2D eigenvalue weighted by Crippen LogP contribution is -2.21. The molecule has 2 saturated carbocycles. The Morgan fingerprint density at radius 1 is 0.357 bits per heavy atom. The van der Waals surface area contributed by atoms with Crippen molar-refractivity contribution < 1.29 is 0 Å². The number of rotatable bonds is 0. The van der Waals surface area contributed by atoms with Gasteiger partial charge in [-0.15, -0.1) is 0 Å². The van der Waals surface area contributed by atoms with E-state index >= 15 is 0 Å². The van der Waals surface area contributed by atoms with Crippen molar-refractivity contribution in [2.75, 3.05) is 0 Å². The summed E-state index contributed by atoms with van der Waals surface area (Å²) in [6.07, 6.45) is 19.9. The standard InChI is InChI=1S/C14H26/c1-2-6-10-14(11-7-3-1)12-8-4-5-9-13-14/h1-13H2. The Labute approximate surface area is 89.5 Å². The number of hydrogen-bond donors (Lipinski definition) is 0. The van der Waals surface area contributed by atoms with Crippen molar-refractivity contribution in [1.82, 2.24) is 0 Å². The van der Waals surface area contributed by atoms with Crippen LogP contribution in [0.5, 0.6) is 0 Å². The average Bonchev–Trinajstić information content (AvgIpc) is 2.38. The second-order valence-electron chi connectivity index (χ2n) is 5.68. The third-order valence-corrected chi connectivity index (χ3v) is 4.58. The van der Waals surface area contributed by atoms with Crippen LogP contribution in [0, 0.1) is 5.41 Å². The molecule has 14 heavy (non-hydrogen) atoms. The van der Waals surface area contributed by atoms with Crippen LogP contribution in [-0.4, -0.2) is 0 Å². The van der Waals surface area contributed by atoms with Crippen LogP contribution >= 0.6 is 0 Å². The Morgan fingerprint density at radius 3 is 1.00 bits per heavy atom. The summed E-state index contributed by atoms with van der Waals surface area (Å²) in [5.74, 6) is 0. The summed E-state index contributed by atoms with van der Waals surface area (Å²) >= 11 is 0. The summed E-state index contributed by atoms with van der Waals surface area (Å²) in [5.41, 5.74) is 0.816. The predicted molar refractivity (Wildman–Crippen MR) is 62.5 cm³/mol. The topological polar surface area (TPSA) is 0 Å². The first-order valence-electron chi connectivity index (χ1n) is 6.91. The molecule has 0 aromatic rings. The molecule has 0 heteroatoms. The van der Waals surface area contributed by atoms with Crippen molar-refractivity contribution in [1.29, 1.82) is 0 Å². The zero-order valence-corrected chi connectivity index (χ0v) is 9.69. The van der Waals surface area contributed by atoms with E-state index in [1.54, 1.807) is 25.7 Å². The molecular weight excluding hydrogens is 168 g/mol. The largest absolute Gasteiger partial charge is 0.0533 e. The summed E-state index contributed by atoms with van der Waals surface area (Å²) in [6, 6.07) is 0. The third kappa shape index (κ3) is 2.74. The lowest BCUT2D eigenvalue weighted by atomic mass is 9.71. The van der Waals surface area contributed by atoms with Gasteiger partial charge in [-0.2, -0.15) is 0 Å². The van der Waals surface area contributed by atoms with Crippen LogP contribution < -0.4 is 0 Å². The molecule has 2 aliphatic rings. The molecule has 0 heterocycles. The van der Waals surface area contributed by atoms with Gasteiger partial charge in [0.15, 0.2) is 0 Å². The van der Waals surface area contributed by atoms with Gasteiger partial charge in [0.1, 0.15) is 0 Å². The van der Waals surface area contributed by atoms with E-state index in [0.29, 0.717) is 0 Å². The number of hydrogen-bond acceptors (Lipinski definition) is 0. The molecule has 0 N–H and O–H groups in total. The molecule has 0 radical (unpaired) electrons. The SMILES string of the molecule is C1CCCC2(CCC1)CCCCCC2. The minimum Gasteiger partial charge on any atom is -0.0533 e. The van der Waals surface area contributed by atoms with Crippen molar-refractivity contribution in [2.45, 2.75) is 83.5 Å². The molecule has 2 fully saturated rings. The van der Waals surface area contributed by atoms with Crippen molar-refractivity contribution in [3.63, 3.8) is 0 Å². The molecule has 0 nitrogen and oxygen atoms in total. The maximum atomic E-state index is 1.56. The summed E-state index contributed by atoms with van der Waals surface area (Å²) < 4.78 is 0. The molecule has 0 aromatic heterocycles. The van der Waals surface area contributed by atoms with Crippen molar-refractivity contribution in [3.05, 3.63) is 0 Å². The molecule has 1 spiro atoms. The molecule has 82 valence electrons. The Kier molecular flexibility index (Phi) is 3.89. The molecule has 2 rings (SSSR count). The summed E-state index contributed by atoms with van der Waals surface area (Å²) in [6.45, 7) is 0. The van der Waals surface area contributed by atoms with Crippen molar-refractivity contribution in [3.8, 4) is 0 Å². The molecule has 0 bridgehead atoms. The van der Waals surface area contributed by atoms with Gasteiger partial charge in [-0.3, -0.25) is 0 Å². The Bertz CT molecular complexity index is 141. The first-order chi connectivity index (χ1) is 6.91. The van der Waals surface area contributed by atoms with E-state index in [-0.39, 0.29) is 0 Å². The Morgan fingerprint density at radius 2 is 0.643 bits per heavy atom. The van der Waals surface area contributed by atoms with E-state index in [0.717, 1.165) is 5.41 Å². The highest BCUT2D eigenvalue weighted by molar-refractivity contribution is 4.82. The fraction of sp³-hybridized carbons (Fsp3) is 1.00. The highest BCUT2D eigenvalue weighted by Gasteiger charge is 2.30. The van der Waals surface area contributed by atoms with Crippen LogP contribution in [0.2, 0.25) is 0 Å². The fourth-order valence-electron chi connectivity index (χ4n) is 3.63. The molecule has 0 amide bonds. The van der Waals surface area contributed by atoms with Gasteiger partial charge in [0.05, 0.1) is 0 Å². The molecule has 0 atom stereocenters. The van der Waals surface area contributed by atoms with Crippen LogP contribution in [0.3, 0.4) is 0 Å². The molecule has 0 aromatic carbocycles. The second-order valence-corrected chi connectivity index (χ2v) is 5.68. The van der Waals surface area contributed by atoms with Crippen LogP contribution in [0.25, 0.3) is 0 Å². The maximum Gasteiger partial charge on any atom is -0.0297 e. The van der Waals surface area contributed by atoms with Crippen LogP contribution in [0.4, 0.5) is 0 Å². The van der Waals surface area contributed by atoms with Crippen LogP contribution in [-0.2, 0) is 0 Å². The minimum atomic E-state index is 0.816. The molecule has 0 saturated heterocycles. The zero-order chi connectivity index (χ0) is 9.69. The van der Waals surface area contributed by atoms with E-state index in [9.17, 15) is 0 Å². The molecule has 0 aliphatic heterocycles. The minimum absolute atomic E-state index is 0.816. The van der Waals surface area contributed by atoms with E-state index in [4.69, 9.17) is 0 Å². The van der Waals surface area contributed by atoms with Gasteiger partial charge in [0.25, 0.3) is 0 Å². The van der Waals surface area contributed by atoms with E-state index in [1.807, 2.05) is 0 Å². The van der Waals surface area contributed by atoms with E-state index in [2.05, 4.69) is 0 Å². The fourth-order valence-corrected chi connectivity index (χ4v) is 3.63. The summed E-state index contributed by atoms with van der Waals surface area (Å²) in [4.78, 5) is 0. The van der Waals surface area contributed by atoms with Gasteiger partial charge < -0.3 is 0 Å². The highest BCUT2D eigenvalue weighted by Crippen LogP contribution is 2.44. The highest BCUT2D eigenvalue weighted by atomic mass is 14.4. The van der Waals surface area contributed by atoms with Crippen molar-refractivity contribution in [2.24, 2.45) is 5.41 Å². The van der Waals surface area contributed by atoms with Gasteiger partial charge in [-0.05, 0) is 31.1 Å². The summed E-state index contributed by atoms with van der Waals surface area (Å²) in [7, 11) is 0. The Hall–Kier alpha value is 0. The first kappa shape index (κ1) is 10.5. The van der Waals surface area contributed by atoms with Gasteiger partial charge in [-0.25, -0.2) is 0 Å². The zero-order valence-electron chi connectivity index (χ0n) is 9.69. The van der Waals surface area contributed by atoms with Gasteiger partial charge in [-0.1, -0.05) is 57.8 Å². The van der Waals surface area contributed by atoms with Gasteiger partial charge >= 0.3 is 0 Å². The smallest absolute Gasteiger partial charge is 0.0297 e. The third-order valence-electron chi connectivity index (χ3n) is 4.58. The predicted octanol–water partition coefficient (Wildman–Crippen LogP) is 5.07. The lowest BCUT2D eigenvalue weighted by molar-refractivity contribution is 0.178. The van der Waals surface area contributed by atoms with Gasteiger partial charge in [0.2, 0.25) is 0 Å².